The van der Waals surface area contributed by atoms with Gasteiger partial charge in [0.15, 0.2) is 0 Å². The molecule has 0 atom stereocenters. The summed E-state index contributed by atoms with van der Waals surface area (Å²) in [5.74, 6) is 0. The van der Waals surface area contributed by atoms with Gasteiger partial charge in [0.25, 0.3) is 0 Å². The maximum Gasteiger partial charge on any atom is 0.250 e. The predicted molar refractivity (Wildman–Crippen MR) is 62.3 cm³/mol. The minimum Gasteiger partial charge on any atom is -0.380 e. The minimum atomic E-state index is -0.00922. The molecule has 84 valence electrons. The number of aromatic nitrogens is 3. The van der Waals surface area contributed by atoms with Gasteiger partial charge >= 0.3 is 0 Å². The second-order valence-corrected chi connectivity index (χ2v) is 3.74. The van der Waals surface area contributed by atoms with Crippen LogP contribution in [-0.4, -0.2) is 14.8 Å². The van der Waals surface area contributed by atoms with Crippen LogP contribution in [0.1, 0.15) is 11.3 Å². The van der Waals surface area contributed by atoms with Crippen molar-refractivity contribution in [3.63, 3.8) is 0 Å². The van der Waals surface area contributed by atoms with E-state index in [4.69, 9.17) is 0 Å². The Morgan fingerprint density at radius 2 is 2.31 bits per heavy atom. The van der Waals surface area contributed by atoms with Crippen molar-refractivity contribution in [2.75, 3.05) is 5.32 Å². The molecule has 5 nitrogen and oxygen atoms in total. The molecule has 2 rings (SSSR count). The maximum absolute atomic E-state index is 11.2. The highest BCUT2D eigenvalue weighted by Crippen LogP contribution is 2.08. The van der Waals surface area contributed by atoms with Crippen LogP contribution in [0.3, 0.4) is 0 Å². The van der Waals surface area contributed by atoms with Crippen LogP contribution in [0.25, 0.3) is 0 Å². The van der Waals surface area contributed by atoms with Crippen molar-refractivity contribution in [1.29, 1.82) is 0 Å². The minimum absolute atomic E-state index is 0.00922. The first-order chi connectivity index (χ1) is 7.66. The fraction of sp³-hybridized carbons (Fsp3) is 0.273. The van der Waals surface area contributed by atoms with Crippen molar-refractivity contribution in [3.8, 4) is 0 Å². The number of hydrogen-bond donors (Lipinski definition) is 2. The molecule has 0 saturated heterocycles. The molecule has 2 N–H and O–H groups in total. The van der Waals surface area contributed by atoms with Crippen LogP contribution >= 0.6 is 0 Å². The number of anilines is 1. The van der Waals surface area contributed by atoms with Crippen LogP contribution in [0.4, 0.5) is 5.69 Å². The molecule has 0 aliphatic heterocycles. The van der Waals surface area contributed by atoms with Crippen LogP contribution in [-0.2, 0) is 13.6 Å². The number of aromatic amines is 1. The molecule has 0 radical (unpaired) electrons. The standard InChI is InChI=1S/C11H14N4O/c1-8-9(6-13-14-8)5-12-10-3-4-11(16)15(2)7-10/h3-4,6-7,12H,5H2,1-2H3,(H,13,14). The molecule has 2 aromatic rings. The summed E-state index contributed by atoms with van der Waals surface area (Å²) in [7, 11) is 1.73. The normalized spacial score (nSPS) is 10.4. The maximum atomic E-state index is 11.2. The van der Waals surface area contributed by atoms with Crippen LogP contribution in [0, 0.1) is 6.92 Å². The van der Waals surface area contributed by atoms with E-state index in [1.165, 1.54) is 0 Å². The lowest BCUT2D eigenvalue weighted by atomic mass is 10.2. The molecule has 0 spiro atoms. The van der Waals surface area contributed by atoms with Crippen molar-refractivity contribution in [2.24, 2.45) is 7.05 Å². The van der Waals surface area contributed by atoms with Gasteiger partial charge in [0.05, 0.1) is 11.9 Å². The van der Waals surface area contributed by atoms with E-state index >= 15 is 0 Å². The van der Waals surface area contributed by atoms with Crippen LogP contribution in [0.15, 0.2) is 29.3 Å². The van der Waals surface area contributed by atoms with Gasteiger partial charge in [0.2, 0.25) is 5.56 Å². The molecular weight excluding hydrogens is 204 g/mol. The summed E-state index contributed by atoms with van der Waals surface area (Å²) in [5.41, 5.74) is 3.08. The largest absolute Gasteiger partial charge is 0.380 e. The second-order valence-electron chi connectivity index (χ2n) is 3.74. The summed E-state index contributed by atoms with van der Waals surface area (Å²) in [6, 6.07) is 3.32. The van der Waals surface area contributed by atoms with E-state index in [1.54, 1.807) is 36.1 Å². The monoisotopic (exact) mass is 218 g/mol. The molecule has 0 aliphatic rings. The average Bonchev–Trinajstić information content (AvgIpc) is 2.66. The van der Waals surface area contributed by atoms with Crippen molar-refractivity contribution >= 4 is 5.69 Å². The highest BCUT2D eigenvalue weighted by Gasteiger charge is 2.00. The van der Waals surface area contributed by atoms with Gasteiger partial charge in [-0.3, -0.25) is 9.89 Å². The van der Waals surface area contributed by atoms with Gasteiger partial charge in [0, 0.05) is 37.1 Å². The summed E-state index contributed by atoms with van der Waals surface area (Å²) in [4.78, 5) is 11.2. The zero-order chi connectivity index (χ0) is 11.5. The molecule has 0 aromatic carbocycles. The average molecular weight is 218 g/mol. The lowest BCUT2D eigenvalue weighted by molar-refractivity contribution is 0.859. The van der Waals surface area contributed by atoms with Gasteiger partial charge in [0.1, 0.15) is 0 Å². The zero-order valence-corrected chi connectivity index (χ0v) is 9.32. The summed E-state index contributed by atoms with van der Waals surface area (Å²) >= 11 is 0. The lowest BCUT2D eigenvalue weighted by Gasteiger charge is -2.06. The van der Waals surface area contributed by atoms with E-state index in [9.17, 15) is 4.79 Å². The highest BCUT2D eigenvalue weighted by atomic mass is 16.1. The number of aryl methyl sites for hydroxylation is 2. The molecule has 2 heterocycles. The Morgan fingerprint density at radius 3 is 2.94 bits per heavy atom. The zero-order valence-electron chi connectivity index (χ0n) is 9.32. The number of pyridine rings is 1. The van der Waals surface area contributed by atoms with Gasteiger partial charge in [-0.15, -0.1) is 0 Å². The van der Waals surface area contributed by atoms with Crippen LogP contribution < -0.4 is 10.9 Å². The van der Waals surface area contributed by atoms with E-state index in [0.717, 1.165) is 16.9 Å². The Hall–Kier alpha value is -2.04. The molecule has 0 aliphatic carbocycles. The van der Waals surface area contributed by atoms with E-state index in [2.05, 4.69) is 15.5 Å². The van der Waals surface area contributed by atoms with Crippen molar-refractivity contribution in [2.45, 2.75) is 13.5 Å². The van der Waals surface area contributed by atoms with Crippen molar-refractivity contribution in [3.05, 3.63) is 46.1 Å². The summed E-state index contributed by atoms with van der Waals surface area (Å²) in [5, 5.41) is 10.1. The highest BCUT2D eigenvalue weighted by molar-refractivity contribution is 5.41. The van der Waals surface area contributed by atoms with Gasteiger partial charge in [-0.05, 0) is 13.0 Å². The summed E-state index contributed by atoms with van der Waals surface area (Å²) in [6.45, 7) is 2.67. The Bertz CT molecular complexity index is 541. The molecule has 0 bridgehead atoms. The number of rotatable bonds is 3. The number of nitrogens with one attached hydrogen (secondary N) is 2. The quantitative estimate of drug-likeness (QED) is 0.808. The van der Waals surface area contributed by atoms with E-state index in [0.29, 0.717) is 6.54 Å². The van der Waals surface area contributed by atoms with Crippen LogP contribution in [0.2, 0.25) is 0 Å². The second kappa shape index (κ2) is 4.22. The molecular formula is C11H14N4O. The number of hydrogen-bond acceptors (Lipinski definition) is 3. The molecule has 0 unspecified atom stereocenters. The number of nitrogens with zero attached hydrogens (tertiary/aromatic N) is 2. The first kappa shape index (κ1) is 10.5. The Morgan fingerprint density at radius 1 is 1.50 bits per heavy atom. The summed E-state index contributed by atoms with van der Waals surface area (Å²) in [6.07, 6.45) is 3.57. The molecule has 0 saturated carbocycles. The predicted octanol–water partition coefficient (Wildman–Crippen LogP) is 1.03. The SMILES string of the molecule is Cc1[nH]ncc1CNc1ccc(=O)n(C)c1. The van der Waals surface area contributed by atoms with Gasteiger partial charge in [-0.25, -0.2) is 0 Å². The molecule has 5 heteroatoms. The third-order valence-electron chi connectivity index (χ3n) is 2.50. The molecule has 0 fully saturated rings. The third kappa shape index (κ3) is 2.13. The van der Waals surface area contributed by atoms with Crippen LogP contribution in [0.5, 0.6) is 0 Å². The van der Waals surface area contributed by atoms with E-state index in [-0.39, 0.29) is 5.56 Å². The van der Waals surface area contributed by atoms with Gasteiger partial charge < -0.3 is 9.88 Å². The fourth-order valence-electron chi connectivity index (χ4n) is 1.45. The molecule has 2 aromatic heterocycles. The van der Waals surface area contributed by atoms with Crippen molar-refractivity contribution in [1.82, 2.24) is 14.8 Å². The Balaban J connectivity index is 2.08. The summed E-state index contributed by atoms with van der Waals surface area (Å²) < 4.78 is 1.55. The molecule has 16 heavy (non-hydrogen) atoms. The number of H-pyrrole nitrogens is 1. The first-order valence-electron chi connectivity index (χ1n) is 5.06. The Labute approximate surface area is 93.1 Å². The van der Waals surface area contributed by atoms with E-state index < -0.39 is 0 Å². The van der Waals surface area contributed by atoms with Gasteiger partial charge in [-0.1, -0.05) is 0 Å². The third-order valence-corrected chi connectivity index (χ3v) is 2.50. The lowest BCUT2D eigenvalue weighted by Crippen LogP contribution is -2.15. The smallest absolute Gasteiger partial charge is 0.250 e. The topological polar surface area (TPSA) is 62.7 Å². The fourth-order valence-corrected chi connectivity index (χ4v) is 1.45. The van der Waals surface area contributed by atoms with Gasteiger partial charge in [-0.2, -0.15) is 5.10 Å². The Kier molecular flexibility index (Phi) is 2.76. The van der Waals surface area contributed by atoms with E-state index in [1.807, 2.05) is 6.92 Å². The van der Waals surface area contributed by atoms with Crippen molar-refractivity contribution < 1.29 is 0 Å². The molecule has 0 amide bonds. The first-order valence-corrected chi connectivity index (χ1v) is 5.06.